The van der Waals surface area contributed by atoms with Crippen LogP contribution in [0.5, 0.6) is 0 Å². The predicted molar refractivity (Wildman–Crippen MR) is 347 cm³/mol. The Labute approximate surface area is 554 Å². The van der Waals surface area contributed by atoms with Gasteiger partial charge in [-0.25, -0.2) is 14.0 Å². The first-order chi connectivity index (χ1) is 46.1. The lowest BCUT2D eigenvalue weighted by molar-refractivity contribution is -0.142. The highest BCUT2D eigenvalue weighted by atomic mass is 18.2. The molecule has 20 N–H and O–H groups in total. The van der Waals surface area contributed by atoms with Crippen LogP contribution >= 0.6 is 0 Å². The second-order valence-electron chi connectivity index (χ2n) is 21.1. The number of nitrogens with one attached hydrogen (secondary N) is 10. The summed E-state index contributed by atoms with van der Waals surface area (Å²) >= 11 is 0. The van der Waals surface area contributed by atoms with Crippen molar-refractivity contribution in [3.8, 4) is 12.3 Å². The molecule has 0 aliphatic rings. The molecule has 6 atom stereocenters. The first kappa shape index (κ1) is 83.9. The van der Waals surface area contributed by atoms with Crippen LogP contribution in [0.4, 0.5) is 8.78 Å². The maximum absolute atomic E-state index is 13.1. The van der Waals surface area contributed by atoms with Gasteiger partial charge in [0.05, 0.1) is 57.7 Å². The van der Waals surface area contributed by atoms with Crippen molar-refractivity contribution in [2.75, 3.05) is 72.3 Å². The molecule has 2 unspecified atom stereocenters. The van der Waals surface area contributed by atoms with Gasteiger partial charge in [-0.1, -0.05) is 65.8 Å². The Hall–Kier alpha value is -10.1. The van der Waals surface area contributed by atoms with Gasteiger partial charge in [0.15, 0.2) is 0 Å². The number of amides is 10. The minimum absolute atomic E-state index is 0.0277. The zero-order valence-electron chi connectivity index (χ0n) is 53.4. The number of hydrogen-bond donors (Lipinski definition) is 16. The lowest BCUT2D eigenvalue weighted by Crippen LogP contribution is -2.54. The maximum atomic E-state index is 13.1. The fourth-order valence-electron chi connectivity index (χ4n) is 8.50. The van der Waals surface area contributed by atoms with Crippen LogP contribution < -0.4 is 76.1 Å². The number of carbonyl (C=O) groups is 12. The van der Waals surface area contributed by atoms with Crippen LogP contribution in [-0.4, -0.2) is 200 Å². The number of nitrogens with zero attached hydrogens (tertiary/aromatic N) is 5. The molecule has 35 heteroatoms. The Bertz CT molecular complexity index is 2990. The van der Waals surface area contributed by atoms with Gasteiger partial charge in [0, 0.05) is 24.0 Å². The van der Waals surface area contributed by atoms with E-state index >= 15 is 0 Å². The van der Waals surface area contributed by atoms with Gasteiger partial charge in [-0.05, 0) is 126 Å². The van der Waals surface area contributed by atoms with E-state index in [9.17, 15) is 76.5 Å². The summed E-state index contributed by atoms with van der Waals surface area (Å²) in [5.74, 6) is -7.45. The van der Waals surface area contributed by atoms with Crippen molar-refractivity contribution in [2.45, 2.75) is 133 Å². The molecule has 3 aromatic rings. The fraction of sp³-hybridized carbons (Fsp3) is 0.525. The molecule has 96 heavy (non-hydrogen) atoms. The summed E-state index contributed by atoms with van der Waals surface area (Å²) in [6, 6.07) is 11.0. The van der Waals surface area contributed by atoms with Crippen LogP contribution in [0.1, 0.15) is 98.5 Å². The van der Waals surface area contributed by atoms with Crippen molar-refractivity contribution in [3.63, 3.8) is 0 Å². The number of nitrogens with two attached hydrogens (primary N) is 4. The molecule has 0 fully saturated rings. The molecule has 0 bridgehead atoms. The van der Waals surface area contributed by atoms with Gasteiger partial charge in [-0.3, -0.25) is 57.0 Å². The molecule has 3 rings (SSSR count). The molecular weight excluding hydrogens is 1260 g/mol. The number of carboxylic acid groups (broad SMARTS) is 2. The summed E-state index contributed by atoms with van der Waals surface area (Å²) < 4.78 is 24.8. The van der Waals surface area contributed by atoms with Crippen LogP contribution in [0.15, 0.2) is 78.2 Å². The van der Waals surface area contributed by atoms with E-state index in [0.29, 0.717) is 88.7 Å². The molecule has 33 nitrogen and oxygen atoms in total. The highest BCUT2D eigenvalue weighted by Crippen LogP contribution is 2.09. The van der Waals surface area contributed by atoms with E-state index in [1.807, 2.05) is 5.92 Å². The van der Waals surface area contributed by atoms with E-state index in [0.717, 1.165) is 0 Å². The van der Waals surface area contributed by atoms with E-state index in [2.05, 4.69) is 68.3 Å². The predicted octanol–water partition coefficient (Wildman–Crippen LogP) is -2.10. The van der Waals surface area contributed by atoms with E-state index < -0.39 is 147 Å². The maximum Gasteiger partial charge on any atom is 0.326 e. The molecule has 0 spiro atoms. The second-order valence-corrected chi connectivity index (χ2v) is 21.1. The Kier molecular flexibility index (Phi) is 44.8. The number of carbonyl (C=O) groups excluding carboxylic acids is 10. The summed E-state index contributed by atoms with van der Waals surface area (Å²) in [7, 11) is 0. The van der Waals surface area contributed by atoms with Crippen molar-refractivity contribution < 1.29 is 76.5 Å². The van der Waals surface area contributed by atoms with E-state index in [-0.39, 0.29) is 57.2 Å². The van der Waals surface area contributed by atoms with E-state index in [4.69, 9.17) is 34.9 Å². The summed E-state index contributed by atoms with van der Waals surface area (Å²) in [5, 5.41) is 50.1. The second kappa shape index (κ2) is 51.3. The van der Waals surface area contributed by atoms with Crippen LogP contribution in [0, 0.1) is 12.3 Å². The van der Waals surface area contributed by atoms with Crippen molar-refractivity contribution in [1.29, 1.82) is 0 Å². The minimum atomic E-state index is -1.21. The standard InChI is InChI=1S/C31H46FN9O7.C28H41N7O7.C2H4FN3/c32-12-15-41-20-22(17-37-41)28(44)40-23(10-4-6-13-33)29(45)35-19-27(43)39-25(16-21-8-2-1-3-9-21)30(46)36-18-26(42)38-24(31(47)48)11-5-7-14-34;1-2-23(36)33-20(12-6-8-14-29)26(39)31-18-25(38)35-22(16-19-10-4-3-5-11-19)27(40)32-17-24(37)34-21(28(41)42)13-7-9-15-30;3-1-2-5-6-4/h1-3,8-9,17,20,23-25H,4-7,10-16,18-19,33-34H2,(H,35,45)(H,36,46)(H,38,42)(H,39,43)(H,40,44)(H,47,48);1,3-5,10-11,20-22H,6-9,12-18,29-30H2,(H,31,39)(H,32,40)(H,33,36)(H,34,37)(H,35,38)(H,41,42);1-2H2/t23-,24-,25-;20?,21-,22?;/m00./s1/i32-1;;3-1. The molecule has 0 aliphatic carbocycles. The molecule has 0 aliphatic heterocycles. The molecular formula is C61H91F2N19O14. The Morgan fingerprint density at radius 1 is 0.521 bits per heavy atom. The monoisotopic (exact) mass is 1350 g/mol. The molecule has 0 saturated carbocycles. The number of benzene rings is 2. The molecule has 2 aromatic carbocycles. The zero-order valence-corrected chi connectivity index (χ0v) is 53.4. The summed E-state index contributed by atoms with van der Waals surface area (Å²) in [5.41, 5.74) is 31.0. The van der Waals surface area contributed by atoms with Crippen LogP contribution in [0.2, 0.25) is 0 Å². The fourth-order valence-corrected chi connectivity index (χ4v) is 8.50. The first-order valence-corrected chi connectivity index (χ1v) is 30.9. The third kappa shape index (κ3) is 38.1. The average Bonchev–Trinajstić information content (AvgIpc) is 1.83. The zero-order chi connectivity index (χ0) is 71.5. The SMILES string of the molecule is C#CC(=O)NC(CCCCN)C(=O)NCC(=O)NC(Cc1ccccc1)C(=O)NCC(=O)N[C@@H](CCCCN)C(=O)O.NCCCC[C@H](NC(=O)CNC(=O)[C@H](Cc1ccccc1)NC(=O)CNC(=O)[C@H](CCCCN)NC(=O)c1cnn(CC[18F])c1)C(=O)O.[N-]=[N+]=NCC[18F]. The van der Waals surface area contributed by atoms with Crippen molar-refractivity contribution in [3.05, 3.63) is 100 Å². The van der Waals surface area contributed by atoms with E-state index in [1.54, 1.807) is 60.7 Å². The van der Waals surface area contributed by atoms with Crippen LogP contribution in [0.25, 0.3) is 10.4 Å². The number of aryl methyl sites for hydroxylation is 1. The number of aliphatic carboxylic acids is 2. The number of azide groups is 1. The van der Waals surface area contributed by atoms with Crippen LogP contribution in [0.3, 0.4) is 0 Å². The number of carboxylic acids is 2. The number of alkyl halides is 2. The van der Waals surface area contributed by atoms with Gasteiger partial charge in [0.2, 0.25) is 47.3 Å². The number of aromatic nitrogens is 2. The Morgan fingerprint density at radius 2 is 0.875 bits per heavy atom. The average molecular weight is 1350 g/mol. The molecule has 1 aromatic heterocycles. The number of rotatable bonds is 45. The lowest BCUT2D eigenvalue weighted by Gasteiger charge is -2.21. The summed E-state index contributed by atoms with van der Waals surface area (Å²) in [6.07, 6.45) is 13.1. The van der Waals surface area contributed by atoms with Gasteiger partial charge >= 0.3 is 11.9 Å². The smallest absolute Gasteiger partial charge is 0.326 e. The highest BCUT2D eigenvalue weighted by Gasteiger charge is 2.28. The number of halogens is 2. The number of unbranched alkanes of at least 4 members (excludes halogenated alkanes) is 4. The first-order valence-electron chi connectivity index (χ1n) is 30.9. The van der Waals surface area contributed by atoms with Gasteiger partial charge < -0.3 is 86.3 Å². The topological polar surface area (TPSA) is 536 Å². The summed E-state index contributed by atoms with van der Waals surface area (Å²) in [4.78, 5) is 152. The van der Waals surface area contributed by atoms with E-state index in [1.165, 1.54) is 17.1 Å². The molecule has 0 radical (unpaired) electrons. The van der Waals surface area contributed by atoms with Crippen molar-refractivity contribution in [1.82, 2.24) is 62.9 Å². The van der Waals surface area contributed by atoms with Gasteiger partial charge in [0.25, 0.3) is 11.8 Å². The third-order valence-corrected chi connectivity index (χ3v) is 13.4. The third-order valence-electron chi connectivity index (χ3n) is 13.4. The van der Waals surface area contributed by atoms with Gasteiger partial charge in [0.1, 0.15) is 42.9 Å². The molecule has 1 heterocycles. The molecule has 0 saturated heterocycles. The largest absolute Gasteiger partial charge is 0.480 e. The summed E-state index contributed by atoms with van der Waals surface area (Å²) in [6.45, 7) is -1.82. The highest BCUT2D eigenvalue weighted by molar-refractivity contribution is 5.99. The van der Waals surface area contributed by atoms with Crippen LogP contribution in [-0.2, 0) is 72.1 Å². The number of hydrogen-bond acceptors (Lipinski definition) is 18. The van der Waals surface area contributed by atoms with Gasteiger partial charge in [-0.15, -0.1) is 6.42 Å². The Balaban J connectivity index is 0.000000890. The molecule has 10 amide bonds. The quantitative estimate of drug-likeness (QED) is 0.00947. The number of terminal acetylenes is 1. The molecule has 528 valence electrons. The lowest BCUT2D eigenvalue weighted by atomic mass is 10.1. The van der Waals surface area contributed by atoms with Crippen molar-refractivity contribution >= 4 is 71.0 Å². The normalized spacial score (nSPS) is 12.2. The Morgan fingerprint density at radius 3 is 1.20 bits per heavy atom. The van der Waals surface area contributed by atoms with Gasteiger partial charge in [-0.2, -0.15) is 5.10 Å². The minimum Gasteiger partial charge on any atom is -0.480 e. The van der Waals surface area contributed by atoms with Crippen molar-refractivity contribution in [2.24, 2.45) is 28.0 Å².